The van der Waals surface area contributed by atoms with Gasteiger partial charge >= 0.3 is 5.97 Å². The Morgan fingerprint density at radius 3 is 2.83 bits per heavy atom. The third-order valence-electron chi connectivity index (χ3n) is 2.46. The highest BCUT2D eigenvalue weighted by atomic mass is 35.5. The molecular weight excluding hydrogens is 270 g/mol. The molecule has 0 radical (unpaired) electrons. The van der Waals surface area contributed by atoms with E-state index in [0.29, 0.717) is 10.6 Å². The highest BCUT2D eigenvalue weighted by molar-refractivity contribution is 7.98. The van der Waals surface area contributed by atoms with Gasteiger partial charge in [0.25, 0.3) is 0 Å². The Labute approximate surface area is 116 Å². The molecule has 18 heavy (non-hydrogen) atoms. The van der Waals surface area contributed by atoms with E-state index in [0.717, 1.165) is 24.1 Å². The second-order valence-corrected chi connectivity index (χ2v) is 5.18. The first-order valence-electron chi connectivity index (χ1n) is 5.45. The number of nitrogens with zero attached hydrogens (tertiary/aromatic N) is 1. The SMILES string of the molecule is CSCCN(C)c1ccc(/C=C/C(=O)O)c(Cl)c1. The third-order valence-corrected chi connectivity index (χ3v) is 3.38. The number of aliphatic carboxylic acids is 1. The molecule has 0 unspecified atom stereocenters. The summed E-state index contributed by atoms with van der Waals surface area (Å²) in [5.41, 5.74) is 1.74. The van der Waals surface area contributed by atoms with Gasteiger partial charge in [0, 0.05) is 36.1 Å². The lowest BCUT2D eigenvalue weighted by Crippen LogP contribution is -2.20. The van der Waals surface area contributed by atoms with Crippen LogP contribution in [0.5, 0.6) is 0 Å². The quantitative estimate of drug-likeness (QED) is 0.815. The molecule has 0 fully saturated rings. The number of hydrogen-bond acceptors (Lipinski definition) is 3. The zero-order valence-corrected chi connectivity index (χ0v) is 12.0. The Kier molecular flexibility index (Phi) is 6.09. The van der Waals surface area contributed by atoms with E-state index >= 15 is 0 Å². The van der Waals surface area contributed by atoms with E-state index in [-0.39, 0.29) is 0 Å². The molecule has 1 aromatic carbocycles. The zero-order chi connectivity index (χ0) is 13.5. The van der Waals surface area contributed by atoms with Gasteiger partial charge in [0.05, 0.1) is 0 Å². The highest BCUT2D eigenvalue weighted by Gasteiger charge is 2.04. The summed E-state index contributed by atoms with van der Waals surface area (Å²) < 4.78 is 0. The van der Waals surface area contributed by atoms with Crippen molar-refractivity contribution in [2.24, 2.45) is 0 Å². The van der Waals surface area contributed by atoms with Gasteiger partial charge in [-0.15, -0.1) is 0 Å². The van der Waals surface area contributed by atoms with E-state index in [2.05, 4.69) is 11.2 Å². The van der Waals surface area contributed by atoms with Crippen molar-refractivity contribution in [1.82, 2.24) is 0 Å². The number of thioether (sulfide) groups is 1. The van der Waals surface area contributed by atoms with E-state index in [4.69, 9.17) is 16.7 Å². The van der Waals surface area contributed by atoms with Gasteiger partial charge in [0.1, 0.15) is 0 Å². The van der Waals surface area contributed by atoms with Crippen molar-refractivity contribution in [2.75, 3.05) is 30.5 Å². The largest absolute Gasteiger partial charge is 0.478 e. The van der Waals surface area contributed by atoms with Crippen LogP contribution in [-0.4, -0.2) is 36.7 Å². The third kappa shape index (κ3) is 4.63. The molecular formula is C13H16ClNO2S. The molecule has 1 rings (SSSR count). The van der Waals surface area contributed by atoms with Gasteiger partial charge in [-0.2, -0.15) is 11.8 Å². The number of carboxylic acids is 1. The van der Waals surface area contributed by atoms with Crippen LogP contribution < -0.4 is 4.90 Å². The van der Waals surface area contributed by atoms with E-state index in [1.165, 1.54) is 6.08 Å². The molecule has 1 aromatic rings. The minimum Gasteiger partial charge on any atom is -0.478 e. The molecule has 0 aliphatic rings. The molecule has 0 spiro atoms. The van der Waals surface area contributed by atoms with Crippen LogP contribution in [0.15, 0.2) is 24.3 Å². The molecule has 0 aliphatic carbocycles. The maximum absolute atomic E-state index is 10.4. The molecule has 0 bridgehead atoms. The van der Waals surface area contributed by atoms with Gasteiger partial charge in [-0.05, 0) is 30.0 Å². The fraction of sp³-hybridized carbons (Fsp3) is 0.308. The predicted molar refractivity (Wildman–Crippen MR) is 79.8 cm³/mol. The summed E-state index contributed by atoms with van der Waals surface area (Å²) in [6.07, 6.45) is 4.65. The van der Waals surface area contributed by atoms with Gasteiger partial charge in [-0.25, -0.2) is 4.79 Å². The Balaban J connectivity index is 2.81. The molecule has 0 saturated carbocycles. The Morgan fingerprint density at radius 2 is 2.28 bits per heavy atom. The maximum Gasteiger partial charge on any atom is 0.328 e. The first-order chi connectivity index (χ1) is 8.54. The minimum absolute atomic E-state index is 0.556. The standard InChI is InChI=1S/C13H16ClNO2S/c1-15(7-8-18-2)11-5-3-10(12(14)9-11)4-6-13(16)17/h3-6,9H,7-8H2,1-2H3,(H,16,17)/b6-4+. The molecule has 0 saturated heterocycles. The number of carboxylic acid groups (broad SMARTS) is 1. The number of halogens is 1. The summed E-state index contributed by atoms with van der Waals surface area (Å²) in [5, 5.41) is 9.12. The normalized spacial score (nSPS) is 10.8. The monoisotopic (exact) mass is 285 g/mol. The average molecular weight is 286 g/mol. The first-order valence-corrected chi connectivity index (χ1v) is 7.22. The van der Waals surface area contributed by atoms with E-state index < -0.39 is 5.97 Å². The summed E-state index contributed by atoms with van der Waals surface area (Å²) in [7, 11) is 2.01. The number of benzene rings is 1. The van der Waals surface area contributed by atoms with Crippen LogP contribution in [0.1, 0.15) is 5.56 Å². The molecule has 5 heteroatoms. The summed E-state index contributed by atoms with van der Waals surface area (Å²) in [4.78, 5) is 12.6. The Bertz CT molecular complexity index is 449. The van der Waals surface area contributed by atoms with E-state index in [1.54, 1.807) is 11.8 Å². The number of rotatable bonds is 6. The van der Waals surface area contributed by atoms with Crippen LogP contribution in [0.3, 0.4) is 0 Å². The van der Waals surface area contributed by atoms with E-state index in [9.17, 15) is 4.79 Å². The zero-order valence-electron chi connectivity index (χ0n) is 10.4. The second kappa shape index (κ2) is 7.34. The summed E-state index contributed by atoms with van der Waals surface area (Å²) in [6, 6.07) is 5.61. The first kappa shape index (κ1) is 14.9. The van der Waals surface area contributed by atoms with Crippen molar-refractivity contribution in [3.05, 3.63) is 34.9 Å². The fourth-order valence-electron chi connectivity index (χ4n) is 1.41. The van der Waals surface area contributed by atoms with Gasteiger partial charge in [-0.1, -0.05) is 17.7 Å². The Hall–Kier alpha value is -1.13. The molecule has 3 nitrogen and oxygen atoms in total. The van der Waals surface area contributed by atoms with Gasteiger partial charge in [-0.3, -0.25) is 0 Å². The second-order valence-electron chi connectivity index (χ2n) is 3.79. The summed E-state index contributed by atoms with van der Waals surface area (Å²) in [5.74, 6) is 0.0710. The number of hydrogen-bond donors (Lipinski definition) is 1. The van der Waals surface area contributed by atoms with E-state index in [1.807, 2.05) is 25.2 Å². The predicted octanol–water partition coefficient (Wildman–Crippen LogP) is 3.24. The van der Waals surface area contributed by atoms with Crippen molar-refractivity contribution < 1.29 is 9.90 Å². The lowest BCUT2D eigenvalue weighted by molar-refractivity contribution is -0.131. The smallest absolute Gasteiger partial charge is 0.328 e. The van der Waals surface area contributed by atoms with Crippen LogP contribution in [0.2, 0.25) is 5.02 Å². The van der Waals surface area contributed by atoms with Crippen molar-refractivity contribution in [2.45, 2.75) is 0 Å². The van der Waals surface area contributed by atoms with Crippen LogP contribution >= 0.6 is 23.4 Å². The van der Waals surface area contributed by atoms with Gasteiger partial charge in [0.15, 0.2) is 0 Å². The molecule has 1 N–H and O–H groups in total. The maximum atomic E-state index is 10.4. The Morgan fingerprint density at radius 1 is 1.56 bits per heavy atom. The van der Waals surface area contributed by atoms with Gasteiger partial charge < -0.3 is 10.0 Å². The van der Waals surface area contributed by atoms with Crippen LogP contribution in [0.4, 0.5) is 5.69 Å². The average Bonchev–Trinajstić information content (AvgIpc) is 2.34. The van der Waals surface area contributed by atoms with Crippen molar-refractivity contribution in [3.8, 4) is 0 Å². The number of anilines is 1. The molecule has 0 heterocycles. The summed E-state index contributed by atoms with van der Waals surface area (Å²) in [6.45, 7) is 0.946. The highest BCUT2D eigenvalue weighted by Crippen LogP contribution is 2.24. The molecule has 0 atom stereocenters. The van der Waals surface area contributed by atoms with Crippen LogP contribution in [-0.2, 0) is 4.79 Å². The van der Waals surface area contributed by atoms with Crippen molar-refractivity contribution in [1.29, 1.82) is 0 Å². The molecule has 0 aromatic heterocycles. The van der Waals surface area contributed by atoms with Gasteiger partial charge in [0.2, 0.25) is 0 Å². The summed E-state index contributed by atoms with van der Waals surface area (Å²) >= 11 is 7.91. The minimum atomic E-state index is -0.979. The molecule has 0 aliphatic heterocycles. The topological polar surface area (TPSA) is 40.5 Å². The number of carbonyl (C=O) groups is 1. The lowest BCUT2D eigenvalue weighted by atomic mass is 10.2. The van der Waals surface area contributed by atoms with Crippen LogP contribution in [0.25, 0.3) is 6.08 Å². The molecule has 98 valence electrons. The molecule has 0 amide bonds. The fourth-order valence-corrected chi connectivity index (χ4v) is 2.10. The van der Waals surface area contributed by atoms with Crippen molar-refractivity contribution >= 4 is 41.1 Å². The van der Waals surface area contributed by atoms with Crippen LogP contribution in [0, 0.1) is 0 Å². The van der Waals surface area contributed by atoms with Crippen molar-refractivity contribution in [3.63, 3.8) is 0 Å². The lowest BCUT2D eigenvalue weighted by Gasteiger charge is -2.19.